The highest BCUT2D eigenvalue weighted by Gasteiger charge is 2.21. The Kier molecular flexibility index (Phi) is 8.75. The van der Waals surface area contributed by atoms with Crippen LogP contribution < -0.4 is 0 Å². The predicted molar refractivity (Wildman–Crippen MR) is 176 cm³/mol. The van der Waals surface area contributed by atoms with E-state index < -0.39 is 33.0 Å². The third kappa shape index (κ3) is 6.85. The predicted octanol–water partition coefficient (Wildman–Crippen LogP) is 9.43. The van der Waals surface area contributed by atoms with Crippen LogP contribution in [0.2, 0.25) is 0 Å². The normalized spacial score (nSPS) is 11.5. The Bertz CT molecular complexity index is 2100. The van der Waals surface area contributed by atoms with Gasteiger partial charge in [-0.1, -0.05) is 48.5 Å². The van der Waals surface area contributed by atoms with E-state index in [0.29, 0.717) is 55.9 Å². The summed E-state index contributed by atoms with van der Waals surface area (Å²) in [6.07, 6.45) is 3.12. The number of aryl methyl sites for hydroxylation is 2. The molecule has 4 aromatic carbocycles. The lowest BCUT2D eigenvalue weighted by atomic mass is 9.97. The van der Waals surface area contributed by atoms with Crippen LogP contribution in [0.3, 0.4) is 0 Å². The summed E-state index contributed by atoms with van der Waals surface area (Å²) < 4.78 is 84.8. The molecule has 0 aliphatic rings. The van der Waals surface area contributed by atoms with Gasteiger partial charge in [0.25, 0.3) is 0 Å². The smallest absolute Gasteiger partial charge is 0.158 e. The van der Waals surface area contributed by atoms with E-state index in [9.17, 15) is 17.2 Å². The van der Waals surface area contributed by atoms with Gasteiger partial charge in [0.2, 0.25) is 0 Å². The molecule has 0 aliphatic heterocycles. The molecular formula is C38H28F4N2O2S. The van der Waals surface area contributed by atoms with E-state index in [2.05, 4.69) is 9.97 Å². The highest BCUT2D eigenvalue weighted by molar-refractivity contribution is 7.89. The minimum Gasteiger partial charge on any atom is -0.256 e. The first kappa shape index (κ1) is 31.8. The zero-order chi connectivity index (χ0) is 33.3. The van der Waals surface area contributed by atoms with Crippen molar-refractivity contribution in [2.75, 3.05) is 0 Å². The summed E-state index contributed by atoms with van der Waals surface area (Å²) in [7, 11) is -3.99. The van der Waals surface area contributed by atoms with Crippen LogP contribution in [-0.2, 0) is 21.3 Å². The fourth-order valence-corrected chi connectivity index (χ4v) is 7.03. The van der Waals surface area contributed by atoms with Gasteiger partial charge in [0.1, 0.15) is 23.3 Å². The minimum absolute atomic E-state index is 0.0615. The molecule has 0 fully saturated rings. The Labute approximate surface area is 270 Å². The molecule has 0 atom stereocenters. The largest absolute Gasteiger partial charge is 0.256 e. The lowest BCUT2D eigenvalue weighted by Gasteiger charge is -2.13. The van der Waals surface area contributed by atoms with Gasteiger partial charge in [0, 0.05) is 45.8 Å². The standard InChI is InChI=1S/C38H28F4N2O2S/c1-23-17-25(11-13-33(23)39)31-5-3-15-43-37(31)27-7-9-29(35(41)19-27)21-47(45,46)22-30-10-8-28(20-36(30)42)38-32(6-4-16-44-38)26-12-14-34(40)24(2)18-26/h3-20H,21-22H2,1-2H3. The Morgan fingerprint density at radius 1 is 0.511 bits per heavy atom. The lowest BCUT2D eigenvalue weighted by Crippen LogP contribution is -2.10. The highest BCUT2D eigenvalue weighted by atomic mass is 32.2. The van der Waals surface area contributed by atoms with Crippen molar-refractivity contribution in [2.24, 2.45) is 0 Å². The van der Waals surface area contributed by atoms with Crippen LogP contribution in [0, 0.1) is 37.1 Å². The van der Waals surface area contributed by atoms with Gasteiger partial charge >= 0.3 is 0 Å². The SMILES string of the molecule is Cc1cc(-c2cccnc2-c2ccc(CS(=O)(=O)Cc3ccc(-c4ncccc4-c4ccc(F)c(C)c4)cc3F)c(F)c2)ccc1F. The third-order valence-corrected chi connectivity index (χ3v) is 9.46. The van der Waals surface area contributed by atoms with E-state index in [1.807, 2.05) is 0 Å². The molecule has 0 aliphatic carbocycles. The number of rotatable bonds is 8. The number of nitrogens with zero attached hydrogens (tertiary/aromatic N) is 2. The van der Waals surface area contributed by atoms with Gasteiger partial charge in [-0.25, -0.2) is 26.0 Å². The fourth-order valence-electron chi connectivity index (χ4n) is 5.51. The molecule has 2 heterocycles. The number of hydrogen-bond acceptors (Lipinski definition) is 4. The molecule has 0 saturated carbocycles. The van der Waals surface area contributed by atoms with Crippen LogP contribution in [0.15, 0.2) is 109 Å². The molecule has 2 aromatic heterocycles. The van der Waals surface area contributed by atoms with Crippen molar-refractivity contribution in [1.82, 2.24) is 9.97 Å². The van der Waals surface area contributed by atoms with E-state index in [-0.39, 0.29) is 22.8 Å². The van der Waals surface area contributed by atoms with Gasteiger partial charge in [0.05, 0.1) is 22.9 Å². The topological polar surface area (TPSA) is 59.9 Å². The average molecular weight is 653 g/mol. The van der Waals surface area contributed by atoms with Crippen LogP contribution >= 0.6 is 0 Å². The second kappa shape index (κ2) is 12.9. The fraction of sp³-hybridized carbons (Fsp3) is 0.105. The average Bonchev–Trinajstić information content (AvgIpc) is 3.05. The Hall–Kier alpha value is -5.15. The maximum Gasteiger partial charge on any atom is 0.158 e. The zero-order valence-corrected chi connectivity index (χ0v) is 26.3. The first-order valence-corrected chi connectivity index (χ1v) is 16.5. The second-order valence-corrected chi connectivity index (χ2v) is 13.4. The van der Waals surface area contributed by atoms with Crippen molar-refractivity contribution in [3.05, 3.63) is 155 Å². The molecular weight excluding hydrogens is 624 g/mol. The first-order valence-electron chi connectivity index (χ1n) is 14.7. The van der Waals surface area contributed by atoms with Crippen LogP contribution in [0.25, 0.3) is 44.8 Å². The van der Waals surface area contributed by atoms with Crippen LogP contribution in [-0.4, -0.2) is 18.4 Å². The second-order valence-electron chi connectivity index (χ2n) is 11.4. The molecule has 0 spiro atoms. The quantitative estimate of drug-likeness (QED) is 0.154. The minimum atomic E-state index is -3.99. The molecule has 4 nitrogen and oxygen atoms in total. The number of benzene rings is 4. The van der Waals surface area contributed by atoms with Crippen molar-refractivity contribution < 1.29 is 26.0 Å². The Morgan fingerprint density at radius 3 is 1.30 bits per heavy atom. The molecule has 0 unspecified atom stereocenters. The van der Waals surface area contributed by atoms with Gasteiger partial charge in [-0.05, 0) is 84.6 Å². The summed E-state index contributed by atoms with van der Waals surface area (Å²) in [6.45, 7) is 3.30. The van der Waals surface area contributed by atoms with Crippen LogP contribution in [0.1, 0.15) is 22.3 Å². The van der Waals surface area contributed by atoms with Gasteiger partial charge in [0.15, 0.2) is 9.84 Å². The van der Waals surface area contributed by atoms with Crippen molar-refractivity contribution in [2.45, 2.75) is 25.4 Å². The molecule has 0 saturated heterocycles. The summed E-state index contributed by atoms with van der Waals surface area (Å²) in [4.78, 5) is 8.81. The Morgan fingerprint density at radius 2 is 0.915 bits per heavy atom. The molecule has 236 valence electrons. The molecule has 0 bridgehead atoms. The lowest BCUT2D eigenvalue weighted by molar-refractivity contribution is 0.581. The summed E-state index contributed by atoms with van der Waals surface area (Å²) in [6, 6.07) is 24.7. The van der Waals surface area contributed by atoms with E-state index in [1.54, 1.807) is 86.9 Å². The van der Waals surface area contributed by atoms with Crippen molar-refractivity contribution in [3.8, 4) is 44.8 Å². The summed E-state index contributed by atoms with van der Waals surface area (Å²) >= 11 is 0. The van der Waals surface area contributed by atoms with Crippen LogP contribution in [0.4, 0.5) is 17.6 Å². The third-order valence-electron chi connectivity index (χ3n) is 7.96. The molecule has 0 amide bonds. The van der Waals surface area contributed by atoms with E-state index in [0.717, 1.165) is 0 Å². The molecule has 0 radical (unpaired) electrons. The van der Waals surface area contributed by atoms with Crippen LogP contribution in [0.5, 0.6) is 0 Å². The summed E-state index contributed by atoms with van der Waals surface area (Å²) in [5, 5.41) is 0. The van der Waals surface area contributed by atoms with Gasteiger partial charge in [-0.3, -0.25) is 9.97 Å². The van der Waals surface area contributed by atoms with E-state index in [4.69, 9.17) is 0 Å². The molecule has 47 heavy (non-hydrogen) atoms. The van der Waals surface area contributed by atoms with Crippen molar-refractivity contribution >= 4 is 9.84 Å². The molecule has 6 aromatic rings. The summed E-state index contributed by atoms with van der Waals surface area (Å²) in [5.41, 5.74) is 5.29. The summed E-state index contributed by atoms with van der Waals surface area (Å²) in [5.74, 6) is -3.45. The maximum absolute atomic E-state index is 15.4. The van der Waals surface area contributed by atoms with Gasteiger partial charge in [-0.2, -0.15) is 0 Å². The van der Waals surface area contributed by atoms with Crippen molar-refractivity contribution in [3.63, 3.8) is 0 Å². The van der Waals surface area contributed by atoms with Crippen molar-refractivity contribution in [1.29, 1.82) is 0 Å². The number of hydrogen-bond donors (Lipinski definition) is 0. The first-order chi connectivity index (χ1) is 22.5. The highest BCUT2D eigenvalue weighted by Crippen LogP contribution is 2.34. The monoisotopic (exact) mass is 652 g/mol. The maximum atomic E-state index is 15.4. The van der Waals surface area contributed by atoms with Gasteiger partial charge < -0.3 is 0 Å². The van der Waals surface area contributed by atoms with Gasteiger partial charge in [-0.15, -0.1) is 0 Å². The van der Waals surface area contributed by atoms with E-state index >= 15 is 8.78 Å². The molecule has 0 N–H and O–H groups in total. The molecule has 6 rings (SSSR count). The number of aromatic nitrogens is 2. The number of sulfone groups is 1. The molecule has 9 heteroatoms. The van der Waals surface area contributed by atoms with E-state index in [1.165, 1.54) is 36.4 Å². The zero-order valence-electron chi connectivity index (χ0n) is 25.4. The number of pyridine rings is 2. The Balaban J connectivity index is 1.23. The number of halogens is 4.